The second-order valence-electron chi connectivity index (χ2n) is 5.83. The van der Waals surface area contributed by atoms with Crippen molar-refractivity contribution in [3.05, 3.63) is 35.4 Å². The first-order valence-electron chi connectivity index (χ1n) is 6.39. The van der Waals surface area contributed by atoms with Crippen molar-refractivity contribution in [1.29, 1.82) is 0 Å². The van der Waals surface area contributed by atoms with Gasteiger partial charge in [0, 0.05) is 12.1 Å². The molecule has 1 amide bonds. The van der Waals surface area contributed by atoms with E-state index in [0.717, 1.165) is 0 Å². The molecule has 0 radical (unpaired) electrons. The number of hydrogen-bond acceptors (Lipinski definition) is 2. The first-order valence-corrected chi connectivity index (χ1v) is 6.39. The van der Waals surface area contributed by atoms with Crippen molar-refractivity contribution in [2.75, 3.05) is 0 Å². The van der Waals surface area contributed by atoms with Gasteiger partial charge in [0.05, 0.1) is 6.04 Å². The van der Waals surface area contributed by atoms with Crippen LogP contribution in [0.4, 0.5) is 0 Å². The van der Waals surface area contributed by atoms with Gasteiger partial charge in [0.1, 0.15) is 0 Å². The molecular formula is C15H24N2O. The van der Waals surface area contributed by atoms with Crippen LogP contribution in [0.15, 0.2) is 24.3 Å². The molecule has 100 valence electrons. The molecule has 0 bridgehead atoms. The number of amides is 1. The van der Waals surface area contributed by atoms with Gasteiger partial charge in [0.15, 0.2) is 0 Å². The van der Waals surface area contributed by atoms with E-state index in [0.29, 0.717) is 6.54 Å². The van der Waals surface area contributed by atoms with Crippen LogP contribution in [0.5, 0.6) is 0 Å². The van der Waals surface area contributed by atoms with E-state index < -0.39 is 0 Å². The number of carbonyl (C=O) groups is 1. The van der Waals surface area contributed by atoms with Gasteiger partial charge in [0.2, 0.25) is 5.91 Å². The molecule has 3 nitrogen and oxygen atoms in total. The molecule has 0 saturated heterocycles. The average Bonchev–Trinajstić information content (AvgIpc) is 2.23. The van der Waals surface area contributed by atoms with Gasteiger partial charge in [-0.15, -0.1) is 0 Å². The molecule has 0 heterocycles. The van der Waals surface area contributed by atoms with Crippen molar-refractivity contribution in [1.82, 2.24) is 10.6 Å². The molecule has 1 aromatic carbocycles. The van der Waals surface area contributed by atoms with E-state index in [9.17, 15) is 4.79 Å². The molecule has 0 unspecified atom stereocenters. The number of rotatable bonds is 4. The van der Waals surface area contributed by atoms with Crippen LogP contribution >= 0.6 is 0 Å². The average molecular weight is 248 g/mol. The van der Waals surface area contributed by atoms with Gasteiger partial charge in [0.25, 0.3) is 0 Å². The lowest BCUT2D eigenvalue weighted by molar-refractivity contribution is -0.124. The zero-order valence-electron chi connectivity index (χ0n) is 12.0. The lowest BCUT2D eigenvalue weighted by Gasteiger charge is -2.23. The fourth-order valence-corrected chi connectivity index (χ4v) is 1.66. The molecule has 1 aromatic rings. The minimum atomic E-state index is -0.190. The highest BCUT2D eigenvalue weighted by atomic mass is 16.2. The monoisotopic (exact) mass is 248 g/mol. The first kappa shape index (κ1) is 14.7. The Hall–Kier alpha value is -1.35. The Balaban J connectivity index is 2.46. The van der Waals surface area contributed by atoms with E-state index in [1.807, 2.05) is 33.8 Å². The standard InChI is InChI=1S/C15H24N2O/c1-11-7-6-8-13(9-11)10-16-12(2)14(18)17-15(3,4)5/h6-9,12,16H,10H2,1-5H3,(H,17,18)/t12-/m0/s1. The van der Waals surface area contributed by atoms with Crippen molar-refractivity contribution in [2.24, 2.45) is 0 Å². The van der Waals surface area contributed by atoms with Gasteiger partial charge in [-0.2, -0.15) is 0 Å². The number of hydrogen-bond donors (Lipinski definition) is 2. The Bertz CT molecular complexity index is 407. The largest absolute Gasteiger partial charge is 0.350 e. The van der Waals surface area contributed by atoms with Gasteiger partial charge in [-0.3, -0.25) is 4.79 Å². The quantitative estimate of drug-likeness (QED) is 0.859. The number of benzene rings is 1. The van der Waals surface area contributed by atoms with Crippen molar-refractivity contribution in [3.8, 4) is 0 Å². The molecule has 0 aliphatic heterocycles. The Morgan fingerprint density at radius 3 is 2.56 bits per heavy atom. The smallest absolute Gasteiger partial charge is 0.237 e. The van der Waals surface area contributed by atoms with Crippen LogP contribution in [0, 0.1) is 6.92 Å². The molecule has 0 fully saturated rings. The molecule has 0 spiro atoms. The van der Waals surface area contributed by atoms with Crippen LogP contribution in [-0.4, -0.2) is 17.5 Å². The summed E-state index contributed by atoms with van der Waals surface area (Å²) in [5, 5.41) is 6.20. The number of aryl methyl sites for hydroxylation is 1. The molecule has 18 heavy (non-hydrogen) atoms. The number of carbonyl (C=O) groups excluding carboxylic acids is 1. The third-order valence-electron chi connectivity index (χ3n) is 2.59. The maximum Gasteiger partial charge on any atom is 0.237 e. The minimum absolute atomic E-state index is 0.0372. The first-order chi connectivity index (χ1) is 8.28. The Kier molecular flexibility index (Phi) is 4.91. The molecule has 2 N–H and O–H groups in total. The maximum absolute atomic E-state index is 11.9. The lowest BCUT2D eigenvalue weighted by atomic mass is 10.1. The van der Waals surface area contributed by atoms with E-state index in [-0.39, 0.29) is 17.5 Å². The summed E-state index contributed by atoms with van der Waals surface area (Å²) < 4.78 is 0. The maximum atomic E-state index is 11.9. The summed E-state index contributed by atoms with van der Waals surface area (Å²) in [6.45, 7) is 10.6. The third-order valence-corrected chi connectivity index (χ3v) is 2.59. The zero-order valence-corrected chi connectivity index (χ0v) is 12.0. The van der Waals surface area contributed by atoms with Crippen molar-refractivity contribution in [3.63, 3.8) is 0 Å². The summed E-state index contributed by atoms with van der Waals surface area (Å²) in [4.78, 5) is 11.9. The van der Waals surface area contributed by atoms with Gasteiger partial charge >= 0.3 is 0 Å². The highest BCUT2D eigenvalue weighted by Gasteiger charge is 2.18. The molecule has 0 aliphatic carbocycles. The van der Waals surface area contributed by atoms with Crippen LogP contribution in [0.1, 0.15) is 38.8 Å². The predicted molar refractivity (Wildman–Crippen MR) is 75.4 cm³/mol. The predicted octanol–water partition coefficient (Wildman–Crippen LogP) is 2.39. The summed E-state index contributed by atoms with van der Waals surface area (Å²) in [6, 6.07) is 8.10. The second-order valence-corrected chi connectivity index (χ2v) is 5.83. The van der Waals surface area contributed by atoms with Gasteiger partial charge < -0.3 is 10.6 Å². The lowest BCUT2D eigenvalue weighted by Crippen LogP contribution is -2.49. The summed E-state index contributed by atoms with van der Waals surface area (Å²) >= 11 is 0. The van der Waals surface area contributed by atoms with Crippen LogP contribution in [0.3, 0.4) is 0 Å². The minimum Gasteiger partial charge on any atom is -0.350 e. The van der Waals surface area contributed by atoms with Crippen LogP contribution in [0.2, 0.25) is 0 Å². The normalized spacial score (nSPS) is 13.2. The highest BCUT2D eigenvalue weighted by molar-refractivity contribution is 5.81. The van der Waals surface area contributed by atoms with E-state index >= 15 is 0 Å². The zero-order chi connectivity index (χ0) is 13.8. The van der Waals surface area contributed by atoms with Crippen LogP contribution in [0.25, 0.3) is 0 Å². The summed E-state index contributed by atoms with van der Waals surface area (Å²) in [5.74, 6) is 0.0372. The third kappa shape index (κ3) is 5.32. The number of nitrogens with one attached hydrogen (secondary N) is 2. The highest BCUT2D eigenvalue weighted by Crippen LogP contribution is 2.04. The van der Waals surface area contributed by atoms with E-state index in [4.69, 9.17) is 0 Å². The molecule has 1 rings (SSSR count). The molecular weight excluding hydrogens is 224 g/mol. The molecule has 1 atom stereocenters. The van der Waals surface area contributed by atoms with E-state index in [2.05, 4.69) is 35.8 Å². The Morgan fingerprint density at radius 2 is 2.00 bits per heavy atom. The van der Waals surface area contributed by atoms with E-state index in [1.165, 1.54) is 11.1 Å². The van der Waals surface area contributed by atoms with Crippen LogP contribution in [-0.2, 0) is 11.3 Å². The molecule has 0 aromatic heterocycles. The molecule has 0 saturated carbocycles. The van der Waals surface area contributed by atoms with Crippen molar-refractivity contribution in [2.45, 2.75) is 52.7 Å². The molecule has 3 heteroatoms. The SMILES string of the molecule is Cc1cccc(CN[C@@H](C)C(=O)NC(C)(C)C)c1. The fraction of sp³-hybridized carbons (Fsp3) is 0.533. The van der Waals surface area contributed by atoms with Gasteiger partial charge in [-0.1, -0.05) is 29.8 Å². The van der Waals surface area contributed by atoms with Gasteiger partial charge in [-0.05, 0) is 40.2 Å². The van der Waals surface area contributed by atoms with Crippen LogP contribution < -0.4 is 10.6 Å². The summed E-state index contributed by atoms with van der Waals surface area (Å²) in [5.41, 5.74) is 2.25. The Labute approximate surface area is 110 Å². The summed E-state index contributed by atoms with van der Waals surface area (Å²) in [6.07, 6.45) is 0. The van der Waals surface area contributed by atoms with E-state index in [1.54, 1.807) is 0 Å². The second kappa shape index (κ2) is 6.01. The topological polar surface area (TPSA) is 41.1 Å². The fourth-order valence-electron chi connectivity index (χ4n) is 1.66. The Morgan fingerprint density at radius 1 is 1.33 bits per heavy atom. The summed E-state index contributed by atoms with van der Waals surface area (Å²) in [7, 11) is 0. The van der Waals surface area contributed by atoms with Crippen molar-refractivity contribution < 1.29 is 4.79 Å². The molecule has 0 aliphatic rings. The van der Waals surface area contributed by atoms with Gasteiger partial charge in [-0.25, -0.2) is 0 Å². The van der Waals surface area contributed by atoms with Crippen molar-refractivity contribution >= 4 is 5.91 Å².